The summed E-state index contributed by atoms with van der Waals surface area (Å²) in [6.45, 7) is 5.51. The van der Waals surface area contributed by atoms with Crippen LogP contribution in [0.25, 0.3) is 16.7 Å². The topological polar surface area (TPSA) is 80.0 Å². The highest BCUT2D eigenvalue weighted by molar-refractivity contribution is 5.86. The van der Waals surface area contributed by atoms with Crippen LogP contribution < -0.4 is 5.32 Å². The lowest BCUT2D eigenvalue weighted by Crippen LogP contribution is -2.20. The number of amides is 1. The Kier molecular flexibility index (Phi) is 3.80. The minimum absolute atomic E-state index is 0.0419. The second-order valence-corrected chi connectivity index (χ2v) is 5.19. The summed E-state index contributed by atoms with van der Waals surface area (Å²) in [5.74, 6) is -0.254. The molecule has 23 heavy (non-hydrogen) atoms. The van der Waals surface area contributed by atoms with Gasteiger partial charge in [-0.05, 0) is 36.8 Å². The maximum atomic E-state index is 11.3. The molecule has 0 aliphatic heterocycles. The zero-order chi connectivity index (χ0) is 16.4. The molecule has 1 heterocycles. The molecular weight excluding hydrogens is 292 g/mol. The summed E-state index contributed by atoms with van der Waals surface area (Å²) < 4.78 is 0. The average molecular weight is 308 g/mol. The number of carbonyl (C=O) groups is 1. The Morgan fingerprint density at radius 3 is 2.57 bits per heavy atom. The summed E-state index contributed by atoms with van der Waals surface area (Å²) in [5.41, 5.74) is 3.49. The number of hydrogen-bond donors (Lipinski definition) is 2. The standard InChI is InChI=1S/C17H16N4O2/c1-3-16(22)18-10-12-8-11(2)9-15(17(12)23)21-19-13-6-4-5-7-14(13)20-21/h3-9,23H,1,10H2,2H3,(H,18,22). The number of fused-ring (bicyclic) bond motifs is 1. The molecule has 0 atom stereocenters. The van der Waals surface area contributed by atoms with Crippen LogP contribution >= 0.6 is 0 Å². The lowest BCUT2D eigenvalue weighted by Gasteiger charge is -2.11. The average Bonchev–Trinajstić information content (AvgIpc) is 2.98. The van der Waals surface area contributed by atoms with Crippen molar-refractivity contribution in [3.05, 3.63) is 60.2 Å². The van der Waals surface area contributed by atoms with E-state index in [0.717, 1.165) is 16.6 Å². The number of benzene rings is 2. The van der Waals surface area contributed by atoms with Crippen molar-refractivity contribution in [2.75, 3.05) is 0 Å². The minimum Gasteiger partial charge on any atom is -0.505 e. The highest BCUT2D eigenvalue weighted by Gasteiger charge is 2.13. The van der Waals surface area contributed by atoms with Crippen molar-refractivity contribution in [3.63, 3.8) is 0 Å². The van der Waals surface area contributed by atoms with Crippen molar-refractivity contribution in [2.24, 2.45) is 0 Å². The smallest absolute Gasteiger partial charge is 0.243 e. The van der Waals surface area contributed by atoms with Gasteiger partial charge in [-0.25, -0.2) is 0 Å². The first-order valence-electron chi connectivity index (χ1n) is 7.13. The molecule has 116 valence electrons. The maximum absolute atomic E-state index is 11.3. The van der Waals surface area contributed by atoms with Gasteiger partial charge in [0.15, 0.2) is 0 Å². The summed E-state index contributed by atoms with van der Waals surface area (Å²) in [5, 5.41) is 21.9. The molecule has 0 fully saturated rings. The normalized spacial score (nSPS) is 10.7. The van der Waals surface area contributed by atoms with Gasteiger partial charge in [0.1, 0.15) is 22.5 Å². The number of aromatic hydroxyl groups is 1. The summed E-state index contributed by atoms with van der Waals surface area (Å²) in [6.07, 6.45) is 1.19. The van der Waals surface area contributed by atoms with Crippen LogP contribution in [0.15, 0.2) is 49.1 Å². The molecule has 0 unspecified atom stereocenters. The number of nitrogens with zero attached hydrogens (tertiary/aromatic N) is 3. The van der Waals surface area contributed by atoms with E-state index in [1.54, 1.807) is 6.07 Å². The second kappa shape index (κ2) is 5.92. The lowest BCUT2D eigenvalue weighted by atomic mass is 10.1. The highest BCUT2D eigenvalue weighted by atomic mass is 16.3. The molecule has 3 rings (SSSR count). The van der Waals surface area contributed by atoms with Gasteiger partial charge in [0.05, 0.1) is 0 Å². The van der Waals surface area contributed by atoms with Crippen molar-refractivity contribution in [3.8, 4) is 11.4 Å². The molecule has 0 bridgehead atoms. The first kappa shape index (κ1) is 14.8. The Bertz CT molecular complexity index is 866. The first-order valence-corrected chi connectivity index (χ1v) is 7.13. The van der Waals surface area contributed by atoms with E-state index in [-0.39, 0.29) is 18.2 Å². The second-order valence-electron chi connectivity index (χ2n) is 5.19. The third kappa shape index (κ3) is 2.91. The van der Waals surface area contributed by atoms with E-state index in [9.17, 15) is 9.90 Å². The third-order valence-electron chi connectivity index (χ3n) is 3.45. The van der Waals surface area contributed by atoms with E-state index in [0.29, 0.717) is 11.3 Å². The molecule has 2 N–H and O–H groups in total. The van der Waals surface area contributed by atoms with Crippen LogP contribution in [0.4, 0.5) is 0 Å². The molecule has 3 aromatic rings. The predicted octanol–water partition coefficient (Wildman–Crippen LogP) is 2.24. The maximum Gasteiger partial charge on any atom is 0.243 e. The Morgan fingerprint density at radius 1 is 1.30 bits per heavy atom. The van der Waals surface area contributed by atoms with E-state index < -0.39 is 0 Å². The van der Waals surface area contributed by atoms with Crippen molar-refractivity contribution in [1.29, 1.82) is 0 Å². The number of hydrogen-bond acceptors (Lipinski definition) is 4. The molecule has 1 amide bonds. The molecule has 6 nitrogen and oxygen atoms in total. The molecule has 0 radical (unpaired) electrons. The van der Waals surface area contributed by atoms with Crippen LogP contribution in [0.1, 0.15) is 11.1 Å². The monoisotopic (exact) mass is 308 g/mol. The Balaban J connectivity index is 2.03. The molecule has 0 saturated heterocycles. The summed E-state index contributed by atoms with van der Waals surface area (Å²) in [4.78, 5) is 12.7. The number of phenolic OH excluding ortho intramolecular Hbond substituents is 1. The van der Waals surface area contributed by atoms with Gasteiger partial charge in [-0.2, -0.15) is 0 Å². The van der Waals surface area contributed by atoms with Gasteiger partial charge in [-0.1, -0.05) is 24.8 Å². The molecular formula is C17H16N4O2. The number of carbonyl (C=O) groups excluding carboxylic acids is 1. The molecule has 0 saturated carbocycles. The van der Waals surface area contributed by atoms with Crippen LogP contribution in [0, 0.1) is 6.92 Å². The zero-order valence-electron chi connectivity index (χ0n) is 12.7. The molecule has 0 spiro atoms. The minimum atomic E-state index is -0.296. The van der Waals surface area contributed by atoms with Crippen LogP contribution in [-0.2, 0) is 11.3 Å². The van der Waals surface area contributed by atoms with Crippen LogP contribution in [-0.4, -0.2) is 26.0 Å². The largest absolute Gasteiger partial charge is 0.505 e. The fourth-order valence-electron chi connectivity index (χ4n) is 2.34. The van der Waals surface area contributed by atoms with E-state index in [1.807, 2.05) is 37.3 Å². The van der Waals surface area contributed by atoms with Crippen LogP contribution in [0.5, 0.6) is 5.75 Å². The van der Waals surface area contributed by atoms with Gasteiger partial charge in [-0.3, -0.25) is 4.79 Å². The summed E-state index contributed by atoms with van der Waals surface area (Å²) in [6, 6.07) is 11.1. The Hall–Kier alpha value is -3.15. The van der Waals surface area contributed by atoms with E-state index in [1.165, 1.54) is 10.9 Å². The quantitative estimate of drug-likeness (QED) is 0.724. The predicted molar refractivity (Wildman–Crippen MR) is 87.3 cm³/mol. The zero-order valence-corrected chi connectivity index (χ0v) is 12.7. The van der Waals surface area contributed by atoms with Crippen molar-refractivity contribution >= 4 is 16.9 Å². The van der Waals surface area contributed by atoms with Gasteiger partial charge in [-0.15, -0.1) is 15.0 Å². The third-order valence-corrected chi connectivity index (χ3v) is 3.45. The Labute approximate surface area is 133 Å². The van der Waals surface area contributed by atoms with Crippen LogP contribution in [0.3, 0.4) is 0 Å². The number of rotatable bonds is 4. The molecule has 2 aromatic carbocycles. The fourth-order valence-corrected chi connectivity index (χ4v) is 2.34. The van der Waals surface area contributed by atoms with Crippen molar-refractivity contribution in [1.82, 2.24) is 20.3 Å². The summed E-state index contributed by atoms with van der Waals surface area (Å²) in [7, 11) is 0. The van der Waals surface area contributed by atoms with Crippen LogP contribution in [0.2, 0.25) is 0 Å². The number of phenols is 1. The van der Waals surface area contributed by atoms with Gasteiger partial charge in [0, 0.05) is 12.1 Å². The van der Waals surface area contributed by atoms with E-state index >= 15 is 0 Å². The number of aryl methyl sites for hydroxylation is 1. The molecule has 1 aromatic heterocycles. The summed E-state index contributed by atoms with van der Waals surface area (Å²) >= 11 is 0. The Morgan fingerprint density at radius 2 is 1.96 bits per heavy atom. The molecule has 0 aliphatic rings. The van der Waals surface area contributed by atoms with Gasteiger partial charge in [0.25, 0.3) is 0 Å². The highest BCUT2D eigenvalue weighted by Crippen LogP contribution is 2.27. The number of nitrogens with one attached hydrogen (secondary N) is 1. The fraction of sp³-hybridized carbons (Fsp3) is 0.118. The van der Waals surface area contributed by atoms with E-state index in [2.05, 4.69) is 22.1 Å². The first-order chi connectivity index (χ1) is 11.1. The van der Waals surface area contributed by atoms with Crippen molar-refractivity contribution < 1.29 is 9.90 Å². The van der Waals surface area contributed by atoms with Gasteiger partial charge in [0.2, 0.25) is 5.91 Å². The van der Waals surface area contributed by atoms with Gasteiger partial charge >= 0.3 is 0 Å². The van der Waals surface area contributed by atoms with E-state index in [4.69, 9.17) is 0 Å². The lowest BCUT2D eigenvalue weighted by molar-refractivity contribution is -0.116. The number of aromatic nitrogens is 3. The van der Waals surface area contributed by atoms with Crippen molar-refractivity contribution in [2.45, 2.75) is 13.5 Å². The SMILES string of the molecule is C=CC(=O)NCc1cc(C)cc(-n2nc3ccccc3n2)c1O. The molecule has 0 aliphatic carbocycles. The van der Waals surface area contributed by atoms with Gasteiger partial charge < -0.3 is 10.4 Å². The molecule has 6 heteroatoms.